The Morgan fingerprint density at radius 2 is 1.07 bits per heavy atom. The van der Waals surface area contributed by atoms with E-state index in [9.17, 15) is 0 Å². The third-order valence-corrected chi connectivity index (χ3v) is 13.8. The summed E-state index contributed by atoms with van der Waals surface area (Å²) in [7, 11) is 0. The van der Waals surface area contributed by atoms with Gasteiger partial charge in [-0.15, -0.1) is 0 Å². The molecule has 3 aromatic heterocycles. The van der Waals surface area contributed by atoms with Gasteiger partial charge < -0.3 is 4.74 Å². The van der Waals surface area contributed by atoms with Crippen molar-refractivity contribution in [2.75, 3.05) is 0 Å². The zero-order valence-corrected chi connectivity index (χ0v) is 41.8. The molecule has 0 aliphatic rings. The van der Waals surface area contributed by atoms with Gasteiger partial charge in [-0.1, -0.05) is 181 Å². The number of hydrogen-bond donors (Lipinski definition) is 0. The van der Waals surface area contributed by atoms with Crippen molar-refractivity contribution >= 4 is 21.8 Å². The van der Waals surface area contributed by atoms with E-state index < -0.39 is 0 Å². The predicted molar refractivity (Wildman–Crippen MR) is 278 cm³/mol. The number of fused-ring (bicyclic) bond motifs is 3. The van der Waals surface area contributed by atoms with Gasteiger partial charge in [0, 0.05) is 40.1 Å². The minimum atomic E-state index is -0.382. The summed E-state index contributed by atoms with van der Waals surface area (Å²) in [4.78, 5) is 5.04. The highest BCUT2D eigenvalue weighted by atomic mass is 16.5. The van der Waals surface area contributed by atoms with E-state index in [-0.39, 0.29) is 27.1 Å². The second kappa shape index (κ2) is 16.6. The lowest BCUT2D eigenvalue weighted by Gasteiger charge is -2.28. The van der Waals surface area contributed by atoms with Crippen LogP contribution in [0.25, 0.3) is 39.0 Å². The Balaban J connectivity index is 1.26. The van der Waals surface area contributed by atoms with Gasteiger partial charge in [-0.3, -0.25) is 13.7 Å². The lowest BCUT2D eigenvalue weighted by atomic mass is 9.76. The third kappa shape index (κ3) is 8.61. The number of imidazole rings is 1. The highest BCUT2D eigenvalue weighted by molar-refractivity contribution is 6.11. The van der Waals surface area contributed by atoms with Crippen LogP contribution in [0, 0.1) is 6.33 Å². The Morgan fingerprint density at radius 1 is 0.493 bits per heavy atom. The molecule has 9 rings (SSSR count). The zero-order valence-electron chi connectivity index (χ0n) is 41.8. The first-order chi connectivity index (χ1) is 31.6. The second-order valence-corrected chi connectivity index (χ2v) is 22.5. The molecular weight excluding hydrogens is 817 g/mol. The van der Waals surface area contributed by atoms with Crippen molar-refractivity contribution in [3.05, 3.63) is 209 Å². The first-order valence-electron chi connectivity index (χ1n) is 23.8. The van der Waals surface area contributed by atoms with E-state index in [1.165, 1.54) is 38.6 Å². The van der Waals surface area contributed by atoms with Gasteiger partial charge in [0.25, 0.3) is 6.33 Å². The monoisotopic (exact) mass is 883 g/mol. The molecule has 9 aromatic rings. The molecule has 67 heavy (non-hydrogen) atoms. The molecule has 5 nitrogen and oxygen atoms in total. The van der Waals surface area contributed by atoms with Gasteiger partial charge in [-0.05, 0) is 104 Å². The molecule has 0 aliphatic heterocycles. The average Bonchev–Trinajstić information content (AvgIpc) is 3.90. The topological polar surface area (TPSA) is 35.9 Å². The summed E-state index contributed by atoms with van der Waals surface area (Å²) < 4.78 is 14.0. The van der Waals surface area contributed by atoms with Crippen LogP contribution in [0.1, 0.15) is 129 Å². The Labute approximate surface area is 398 Å². The highest BCUT2D eigenvalue weighted by Crippen LogP contribution is 2.45. The molecule has 5 heteroatoms. The van der Waals surface area contributed by atoms with Crippen LogP contribution in [-0.4, -0.2) is 14.1 Å². The van der Waals surface area contributed by atoms with Crippen LogP contribution in [-0.2, 0) is 27.1 Å². The van der Waals surface area contributed by atoms with E-state index >= 15 is 0 Å². The molecule has 0 spiro atoms. The maximum atomic E-state index is 7.26. The number of ether oxygens (including phenoxy) is 1. The Kier molecular flexibility index (Phi) is 11.2. The van der Waals surface area contributed by atoms with Gasteiger partial charge in [0.15, 0.2) is 0 Å². The molecule has 6 aromatic carbocycles. The van der Waals surface area contributed by atoms with Crippen molar-refractivity contribution in [1.29, 1.82) is 0 Å². The van der Waals surface area contributed by atoms with Gasteiger partial charge >= 0.3 is 0 Å². The fourth-order valence-corrected chi connectivity index (χ4v) is 9.49. The summed E-state index contributed by atoms with van der Waals surface area (Å²) in [5.41, 5.74) is 11.7. The molecule has 340 valence electrons. The van der Waals surface area contributed by atoms with Crippen LogP contribution in [0.3, 0.4) is 0 Å². The molecular formula is C62H66N4O. The maximum absolute atomic E-state index is 7.26. The third-order valence-electron chi connectivity index (χ3n) is 13.8. The van der Waals surface area contributed by atoms with Crippen molar-refractivity contribution in [3.8, 4) is 28.7 Å². The number of para-hydroxylation sites is 1. The molecule has 0 atom stereocenters. The molecule has 0 saturated heterocycles. The predicted octanol–water partition coefficient (Wildman–Crippen LogP) is 15.4. The Morgan fingerprint density at radius 3 is 1.73 bits per heavy atom. The van der Waals surface area contributed by atoms with Gasteiger partial charge in [-0.25, -0.2) is 4.98 Å². The van der Waals surface area contributed by atoms with E-state index in [1.54, 1.807) is 0 Å². The summed E-state index contributed by atoms with van der Waals surface area (Å²) in [6.07, 6.45) is 8.03. The largest absolute Gasteiger partial charge is 0.458 e. The van der Waals surface area contributed by atoms with E-state index in [4.69, 9.17) is 9.72 Å². The van der Waals surface area contributed by atoms with Crippen molar-refractivity contribution in [2.45, 2.75) is 117 Å². The number of aromatic nitrogens is 4. The van der Waals surface area contributed by atoms with Crippen LogP contribution in [0.4, 0.5) is 0 Å². The minimum absolute atomic E-state index is 0.0119. The molecule has 0 saturated carbocycles. The average molecular weight is 883 g/mol. The minimum Gasteiger partial charge on any atom is -0.458 e. The fourth-order valence-electron chi connectivity index (χ4n) is 9.49. The van der Waals surface area contributed by atoms with Gasteiger partial charge in [-0.2, -0.15) is 0 Å². The SMILES string of the molecule is CC(C)(C)c1cc(Oc2cc(C(C)(C)c3ccccc3)c3c4ccccc4n(-c4cc(C(C)(C)C)ccn4)c3c2)cc(-n2[c-][n+](-c3cccc(C(C)(C)C)c3)c(C(C)(C)c3ccccc3)c2)c1. The van der Waals surface area contributed by atoms with E-state index in [1.807, 2.05) is 6.20 Å². The van der Waals surface area contributed by atoms with E-state index in [0.29, 0.717) is 0 Å². The van der Waals surface area contributed by atoms with Gasteiger partial charge in [0.1, 0.15) is 17.3 Å². The van der Waals surface area contributed by atoms with E-state index in [2.05, 4.69) is 268 Å². The first kappa shape index (κ1) is 45.4. The quantitative estimate of drug-likeness (QED) is 0.107. The molecule has 0 amide bonds. The van der Waals surface area contributed by atoms with Crippen molar-refractivity contribution in [3.63, 3.8) is 0 Å². The molecule has 3 heterocycles. The molecule has 0 radical (unpaired) electrons. The van der Waals surface area contributed by atoms with Crippen molar-refractivity contribution in [1.82, 2.24) is 14.1 Å². The summed E-state index contributed by atoms with van der Waals surface area (Å²) in [5, 5.41) is 2.38. The number of hydrogen-bond acceptors (Lipinski definition) is 2. The number of benzene rings is 6. The molecule has 0 bridgehead atoms. The summed E-state index contributed by atoms with van der Waals surface area (Å²) in [5.74, 6) is 2.40. The van der Waals surface area contributed by atoms with Gasteiger partial charge in [0.05, 0.1) is 28.1 Å². The van der Waals surface area contributed by atoms with Gasteiger partial charge in [0.2, 0.25) is 0 Å². The lowest BCUT2D eigenvalue weighted by molar-refractivity contribution is -0.611. The number of nitrogens with zero attached hydrogens (tertiary/aromatic N) is 4. The van der Waals surface area contributed by atoms with Crippen LogP contribution >= 0.6 is 0 Å². The van der Waals surface area contributed by atoms with Crippen LogP contribution in [0.5, 0.6) is 11.5 Å². The van der Waals surface area contributed by atoms with Crippen molar-refractivity contribution in [2.24, 2.45) is 0 Å². The van der Waals surface area contributed by atoms with E-state index in [0.717, 1.165) is 51.0 Å². The zero-order chi connectivity index (χ0) is 47.7. The standard InChI is InChI=1S/C62H66N4O/c1-58(2,3)44-27-22-28-47(33-44)65-41-64(40-55(65)62(12,13)43-25-18-15-19-26-43)48-34-46(60(7,8)9)35-49(37-48)67-50-38-52(61(10,11)42-23-16-14-17-24-42)57-51-29-20-21-30-53(51)66(54(57)39-50)56-36-45(31-32-63-56)59(4,5)6/h14-40H,1-13H3. The number of rotatable bonds is 9. The first-order valence-corrected chi connectivity index (χ1v) is 23.8. The maximum Gasteiger partial charge on any atom is 0.269 e. The van der Waals surface area contributed by atoms with Crippen LogP contribution in [0.2, 0.25) is 0 Å². The summed E-state index contributed by atoms with van der Waals surface area (Å²) in [6.45, 7) is 29.6. The summed E-state index contributed by atoms with van der Waals surface area (Å²) in [6, 6.07) is 54.8. The number of pyridine rings is 1. The van der Waals surface area contributed by atoms with Crippen LogP contribution < -0.4 is 9.30 Å². The molecule has 0 fully saturated rings. The Bertz CT molecular complexity index is 3250. The normalized spacial score (nSPS) is 12.9. The fraction of sp³-hybridized carbons (Fsp3) is 0.290. The molecule has 0 N–H and O–H groups in total. The second-order valence-electron chi connectivity index (χ2n) is 22.5. The smallest absolute Gasteiger partial charge is 0.269 e. The highest BCUT2D eigenvalue weighted by Gasteiger charge is 2.32. The molecule has 0 aliphatic carbocycles. The summed E-state index contributed by atoms with van der Waals surface area (Å²) >= 11 is 0. The van der Waals surface area contributed by atoms with Crippen molar-refractivity contribution < 1.29 is 9.30 Å². The molecule has 0 unspecified atom stereocenters. The van der Waals surface area contributed by atoms with Crippen LogP contribution in [0.15, 0.2) is 164 Å². The lowest BCUT2D eigenvalue weighted by Crippen LogP contribution is -2.40. The Hall–Kier alpha value is -6.72.